The van der Waals surface area contributed by atoms with Gasteiger partial charge in [-0.15, -0.1) is 0 Å². The van der Waals surface area contributed by atoms with Crippen LogP contribution in [0.1, 0.15) is 12.8 Å². The highest BCUT2D eigenvalue weighted by Gasteiger charge is 2.10. The summed E-state index contributed by atoms with van der Waals surface area (Å²) in [6.07, 6.45) is 4.41. The number of rotatable bonds is 4. The third-order valence-electron chi connectivity index (χ3n) is 3.16. The topological polar surface area (TPSA) is 41.1 Å². The molecule has 0 atom stereocenters. The molecule has 0 amide bonds. The van der Waals surface area contributed by atoms with E-state index in [0.717, 1.165) is 17.6 Å². The van der Waals surface area contributed by atoms with E-state index in [1.165, 1.54) is 25.9 Å². The van der Waals surface area contributed by atoms with Gasteiger partial charge in [0.25, 0.3) is 0 Å². The molecule has 1 fully saturated rings. The lowest BCUT2D eigenvalue weighted by molar-refractivity contribution is 0.232. The second-order valence-corrected chi connectivity index (χ2v) is 4.38. The number of pyridine rings is 1. The molecule has 0 unspecified atom stereocenters. The maximum absolute atomic E-state index is 5.66. The molecule has 1 N–H and O–H groups in total. The Bertz CT molecular complexity index is 488. The largest absolute Gasteiger partial charge is 0.476 e. The fraction of sp³-hybridized carbons (Fsp3) is 0.462. The van der Waals surface area contributed by atoms with Crippen molar-refractivity contribution in [2.75, 3.05) is 26.2 Å². The van der Waals surface area contributed by atoms with Gasteiger partial charge in [-0.25, -0.2) is 0 Å². The van der Waals surface area contributed by atoms with Gasteiger partial charge in [-0.05, 0) is 32.0 Å². The van der Waals surface area contributed by atoms with Gasteiger partial charge in [-0.2, -0.15) is 4.98 Å². The quantitative estimate of drug-likeness (QED) is 0.871. The van der Waals surface area contributed by atoms with E-state index in [-0.39, 0.29) is 0 Å². The van der Waals surface area contributed by atoms with Gasteiger partial charge in [0.2, 0.25) is 5.88 Å². The van der Waals surface area contributed by atoms with Gasteiger partial charge in [0.15, 0.2) is 0 Å². The van der Waals surface area contributed by atoms with Crippen molar-refractivity contribution >= 4 is 11.0 Å². The highest BCUT2D eigenvalue weighted by Crippen LogP contribution is 2.14. The van der Waals surface area contributed by atoms with Crippen LogP contribution < -0.4 is 4.74 Å². The first-order chi connectivity index (χ1) is 8.42. The molecule has 2 aromatic heterocycles. The Kier molecular flexibility index (Phi) is 2.96. The molecular formula is C13H16N3O. The predicted octanol–water partition coefficient (Wildman–Crippen LogP) is 1.84. The summed E-state index contributed by atoms with van der Waals surface area (Å²) in [5.41, 5.74) is 0.837. The number of hydrogen-bond donors (Lipinski definition) is 1. The number of ether oxygens (including phenoxy) is 1. The number of hydrogen-bond acceptors (Lipinski definition) is 3. The molecule has 1 radical (unpaired) electrons. The first-order valence-electron chi connectivity index (χ1n) is 6.13. The van der Waals surface area contributed by atoms with Crippen LogP contribution in [0.3, 0.4) is 0 Å². The molecule has 0 saturated carbocycles. The number of nitrogens with one attached hydrogen (secondary N) is 1. The van der Waals surface area contributed by atoms with Gasteiger partial charge in [0.1, 0.15) is 12.3 Å². The minimum absolute atomic E-state index is 0.688. The summed E-state index contributed by atoms with van der Waals surface area (Å²) in [7, 11) is 0. The molecule has 3 rings (SSSR count). The van der Waals surface area contributed by atoms with Gasteiger partial charge in [0, 0.05) is 30.3 Å². The summed E-state index contributed by atoms with van der Waals surface area (Å²) in [6.45, 7) is 4.13. The van der Waals surface area contributed by atoms with E-state index in [9.17, 15) is 0 Å². The minimum atomic E-state index is 0.688. The number of aromatic nitrogens is 2. The van der Waals surface area contributed by atoms with Crippen molar-refractivity contribution in [3.05, 3.63) is 24.4 Å². The third-order valence-corrected chi connectivity index (χ3v) is 3.16. The molecule has 0 aromatic carbocycles. The molecule has 17 heavy (non-hydrogen) atoms. The standard InChI is InChI=1S/C13H16N3O/c1-2-8-16(7-1)9-10-17-12-4-3-11-5-6-14-13(11)15-12/h3-4,6H,1-2,7-10H2,(H,14,15). The van der Waals surface area contributed by atoms with Crippen molar-refractivity contribution in [1.82, 2.24) is 14.9 Å². The van der Waals surface area contributed by atoms with Gasteiger partial charge in [-0.1, -0.05) is 0 Å². The van der Waals surface area contributed by atoms with E-state index >= 15 is 0 Å². The Morgan fingerprint density at radius 2 is 2.24 bits per heavy atom. The van der Waals surface area contributed by atoms with E-state index in [4.69, 9.17) is 4.74 Å². The SMILES string of the molecule is [c]1c[nH]c2nc(OCCN3CCCC3)ccc12. The molecule has 1 aliphatic heterocycles. The van der Waals surface area contributed by atoms with Gasteiger partial charge in [-0.3, -0.25) is 4.90 Å². The number of fused-ring (bicyclic) bond motifs is 1. The van der Waals surface area contributed by atoms with Crippen LogP contribution in [-0.2, 0) is 0 Å². The zero-order valence-electron chi connectivity index (χ0n) is 9.78. The Hall–Kier alpha value is -1.55. The molecule has 0 aliphatic carbocycles. The molecule has 2 aromatic rings. The summed E-state index contributed by atoms with van der Waals surface area (Å²) in [5, 5.41) is 0.997. The smallest absolute Gasteiger partial charge is 0.215 e. The summed E-state index contributed by atoms with van der Waals surface area (Å²) in [4.78, 5) is 9.84. The molecule has 3 heterocycles. The van der Waals surface area contributed by atoms with Crippen molar-refractivity contribution < 1.29 is 4.74 Å². The Labute approximate surface area is 101 Å². The van der Waals surface area contributed by atoms with Crippen molar-refractivity contribution in [2.24, 2.45) is 0 Å². The molecule has 0 spiro atoms. The zero-order valence-corrected chi connectivity index (χ0v) is 9.78. The summed E-state index contributed by atoms with van der Waals surface area (Å²) < 4.78 is 5.66. The van der Waals surface area contributed by atoms with Crippen LogP contribution in [-0.4, -0.2) is 41.1 Å². The molecule has 0 bridgehead atoms. The zero-order chi connectivity index (χ0) is 11.5. The second-order valence-electron chi connectivity index (χ2n) is 4.38. The number of aromatic amines is 1. The molecule has 89 valence electrons. The molecule has 4 nitrogen and oxygen atoms in total. The van der Waals surface area contributed by atoms with E-state index < -0.39 is 0 Å². The third kappa shape index (κ3) is 2.42. The first-order valence-corrected chi connectivity index (χ1v) is 6.13. The van der Waals surface area contributed by atoms with Crippen molar-refractivity contribution in [3.63, 3.8) is 0 Å². The monoisotopic (exact) mass is 230 g/mol. The Balaban J connectivity index is 1.56. The fourth-order valence-corrected chi connectivity index (χ4v) is 2.22. The predicted molar refractivity (Wildman–Crippen MR) is 66.1 cm³/mol. The normalized spacial score (nSPS) is 16.7. The fourth-order valence-electron chi connectivity index (χ4n) is 2.22. The first kappa shape index (κ1) is 10.6. The van der Waals surface area contributed by atoms with Crippen molar-refractivity contribution in [2.45, 2.75) is 12.8 Å². The maximum atomic E-state index is 5.66. The number of H-pyrrole nitrogens is 1. The van der Waals surface area contributed by atoms with E-state index in [1.54, 1.807) is 6.20 Å². The van der Waals surface area contributed by atoms with Crippen LogP contribution in [0.5, 0.6) is 5.88 Å². The van der Waals surface area contributed by atoms with Crippen LogP contribution in [0.2, 0.25) is 0 Å². The lowest BCUT2D eigenvalue weighted by Gasteiger charge is -2.14. The lowest BCUT2D eigenvalue weighted by atomic mass is 10.3. The minimum Gasteiger partial charge on any atom is -0.476 e. The lowest BCUT2D eigenvalue weighted by Crippen LogP contribution is -2.25. The van der Waals surface area contributed by atoms with Crippen LogP contribution in [0.4, 0.5) is 0 Å². The number of likely N-dealkylation sites (tertiary alicyclic amines) is 1. The highest BCUT2D eigenvalue weighted by molar-refractivity contribution is 5.74. The molecule has 4 heteroatoms. The average Bonchev–Trinajstić information content (AvgIpc) is 2.98. The highest BCUT2D eigenvalue weighted by atomic mass is 16.5. The Morgan fingerprint density at radius 3 is 3.12 bits per heavy atom. The molecular weight excluding hydrogens is 214 g/mol. The number of nitrogens with zero attached hydrogens (tertiary/aromatic N) is 2. The summed E-state index contributed by atoms with van der Waals surface area (Å²) in [6, 6.07) is 6.94. The van der Waals surface area contributed by atoms with Crippen molar-refractivity contribution in [1.29, 1.82) is 0 Å². The maximum Gasteiger partial charge on any atom is 0.215 e. The average molecular weight is 230 g/mol. The van der Waals surface area contributed by atoms with Gasteiger partial charge < -0.3 is 9.72 Å². The van der Waals surface area contributed by atoms with E-state index in [0.29, 0.717) is 12.5 Å². The van der Waals surface area contributed by atoms with Crippen LogP contribution >= 0.6 is 0 Å². The van der Waals surface area contributed by atoms with Gasteiger partial charge >= 0.3 is 0 Å². The van der Waals surface area contributed by atoms with E-state index in [2.05, 4.69) is 20.9 Å². The summed E-state index contributed by atoms with van der Waals surface area (Å²) >= 11 is 0. The molecule has 1 aliphatic rings. The van der Waals surface area contributed by atoms with Crippen molar-refractivity contribution in [3.8, 4) is 5.88 Å². The van der Waals surface area contributed by atoms with Crippen LogP contribution in [0.15, 0.2) is 18.3 Å². The summed E-state index contributed by atoms with van der Waals surface area (Å²) in [5.74, 6) is 0.688. The second kappa shape index (κ2) is 4.75. The van der Waals surface area contributed by atoms with Gasteiger partial charge in [0.05, 0.1) is 0 Å². The van der Waals surface area contributed by atoms with E-state index in [1.807, 2.05) is 12.1 Å². The molecule has 1 saturated heterocycles. The van der Waals surface area contributed by atoms with Crippen LogP contribution in [0, 0.1) is 6.07 Å². The van der Waals surface area contributed by atoms with Crippen LogP contribution in [0.25, 0.3) is 11.0 Å². The Morgan fingerprint density at radius 1 is 1.35 bits per heavy atom.